The molecule has 3 aromatic rings. The average molecular weight is 392 g/mol. The minimum atomic E-state index is -0.607. The third-order valence-electron chi connectivity index (χ3n) is 5.62. The lowest BCUT2D eigenvalue weighted by atomic mass is 9.85. The van der Waals surface area contributed by atoms with Crippen LogP contribution in [0.2, 0.25) is 0 Å². The van der Waals surface area contributed by atoms with Gasteiger partial charge >= 0.3 is 0 Å². The molecule has 0 radical (unpaired) electrons. The molecule has 0 saturated carbocycles. The van der Waals surface area contributed by atoms with E-state index in [2.05, 4.69) is 31.2 Å². The molecule has 29 heavy (non-hydrogen) atoms. The Kier molecular flexibility index (Phi) is 5.57. The van der Waals surface area contributed by atoms with Crippen LogP contribution in [0.25, 0.3) is 16.7 Å². The number of rotatable bonds is 5. The number of hydrogen-bond acceptors (Lipinski definition) is 0. The standard InChI is InChI=1S/C26H23F3/c1-2-3-4-17-5-7-18(8-6-17)20-11-14-23-21(15-20)16-24(28)25(26(23)29)19-9-12-22(27)13-10-19/h5-13,16H,2-4,14-15H2,1H3. The van der Waals surface area contributed by atoms with Crippen LogP contribution in [-0.2, 0) is 19.3 Å². The maximum atomic E-state index is 15.1. The molecule has 0 N–H and O–H groups in total. The zero-order chi connectivity index (χ0) is 20.4. The minimum Gasteiger partial charge on any atom is -0.207 e. The summed E-state index contributed by atoms with van der Waals surface area (Å²) in [6, 6.07) is 15.2. The van der Waals surface area contributed by atoms with Gasteiger partial charge in [0.25, 0.3) is 0 Å². The molecular weight excluding hydrogens is 369 g/mol. The summed E-state index contributed by atoms with van der Waals surface area (Å²) < 4.78 is 43.1. The van der Waals surface area contributed by atoms with Crippen LogP contribution in [0.3, 0.4) is 0 Å². The fourth-order valence-electron chi connectivity index (χ4n) is 3.96. The summed E-state index contributed by atoms with van der Waals surface area (Å²) in [4.78, 5) is 0. The summed E-state index contributed by atoms with van der Waals surface area (Å²) in [5.74, 6) is -1.58. The van der Waals surface area contributed by atoms with Gasteiger partial charge < -0.3 is 0 Å². The van der Waals surface area contributed by atoms with Crippen LogP contribution in [0.4, 0.5) is 13.2 Å². The van der Waals surface area contributed by atoms with Gasteiger partial charge in [-0.1, -0.05) is 55.8 Å². The van der Waals surface area contributed by atoms with Crippen LogP contribution in [0.1, 0.15) is 42.0 Å². The van der Waals surface area contributed by atoms with Crippen LogP contribution < -0.4 is 0 Å². The average Bonchev–Trinajstić information content (AvgIpc) is 2.73. The van der Waals surface area contributed by atoms with E-state index in [1.54, 1.807) is 0 Å². The van der Waals surface area contributed by atoms with E-state index in [0.29, 0.717) is 29.5 Å². The van der Waals surface area contributed by atoms with E-state index in [0.717, 1.165) is 17.6 Å². The molecule has 0 aromatic heterocycles. The van der Waals surface area contributed by atoms with Crippen molar-refractivity contribution in [1.82, 2.24) is 0 Å². The smallest absolute Gasteiger partial charge is 0.137 e. The van der Waals surface area contributed by atoms with Gasteiger partial charge in [0, 0.05) is 0 Å². The quantitative estimate of drug-likeness (QED) is 0.427. The SMILES string of the molecule is CCCCc1ccc(C2=CCc3c(cc(F)c(-c4ccc(F)cc4)c3F)C2)cc1. The van der Waals surface area contributed by atoms with Crippen LogP contribution in [-0.4, -0.2) is 0 Å². The van der Waals surface area contributed by atoms with Crippen LogP contribution in [0.15, 0.2) is 60.7 Å². The maximum Gasteiger partial charge on any atom is 0.137 e. The van der Waals surface area contributed by atoms with E-state index >= 15 is 4.39 Å². The summed E-state index contributed by atoms with van der Waals surface area (Å²) in [6.45, 7) is 2.18. The predicted molar refractivity (Wildman–Crippen MR) is 112 cm³/mol. The number of hydrogen-bond donors (Lipinski definition) is 0. The second-order valence-corrected chi connectivity index (χ2v) is 7.60. The van der Waals surface area contributed by atoms with Gasteiger partial charge in [0.15, 0.2) is 0 Å². The van der Waals surface area contributed by atoms with Gasteiger partial charge in [0.2, 0.25) is 0 Å². The molecule has 0 fully saturated rings. The first kappa shape index (κ1) is 19.5. The first-order chi connectivity index (χ1) is 14.1. The normalized spacial score (nSPS) is 13.2. The topological polar surface area (TPSA) is 0 Å². The van der Waals surface area contributed by atoms with Crippen LogP contribution in [0, 0.1) is 17.5 Å². The second-order valence-electron chi connectivity index (χ2n) is 7.60. The van der Waals surface area contributed by atoms with Crippen molar-refractivity contribution in [1.29, 1.82) is 0 Å². The van der Waals surface area contributed by atoms with Crippen LogP contribution >= 0.6 is 0 Å². The summed E-state index contributed by atoms with van der Waals surface area (Å²) in [6.07, 6.45) is 6.36. The van der Waals surface area contributed by atoms with Gasteiger partial charge in [-0.2, -0.15) is 0 Å². The third-order valence-corrected chi connectivity index (χ3v) is 5.62. The Morgan fingerprint density at radius 1 is 0.862 bits per heavy atom. The molecule has 4 rings (SSSR count). The Morgan fingerprint density at radius 2 is 1.55 bits per heavy atom. The fourth-order valence-corrected chi connectivity index (χ4v) is 3.96. The fraction of sp³-hybridized carbons (Fsp3) is 0.231. The molecule has 3 heteroatoms. The molecule has 0 amide bonds. The van der Waals surface area contributed by atoms with Crippen molar-refractivity contribution in [2.45, 2.75) is 39.0 Å². The Balaban J connectivity index is 1.62. The largest absolute Gasteiger partial charge is 0.207 e. The van der Waals surface area contributed by atoms with E-state index in [9.17, 15) is 8.78 Å². The monoisotopic (exact) mass is 392 g/mol. The molecule has 0 heterocycles. The summed E-state index contributed by atoms with van der Waals surface area (Å²) in [7, 11) is 0. The summed E-state index contributed by atoms with van der Waals surface area (Å²) in [5.41, 5.74) is 4.97. The number of benzene rings is 3. The second kappa shape index (κ2) is 8.28. The lowest BCUT2D eigenvalue weighted by Gasteiger charge is -2.20. The van der Waals surface area contributed by atoms with E-state index < -0.39 is 17.5 Å². The van der Waals surface area contributed by atoms with Crippen molar-refractivity contribution in [3.63, 3.8) is 0 Å². The number of fused-ring (bicyclic) bond motifs is 1. The Labute approximate surface area is 169 Å². The molecule has 0 atom stereocenters. The van der Waals surface area contributed by atoms with E-state index in [1.807, 2.05) is 6.08 Å². The highest BCUT2D eigenvalue weighted by Crippen LogP contribution is 2.35. The van der Waals surface area contributed by atoms with Crippen molar-refractivity contribution in [2.75, 3.05) is 0 Å². The zero-order valence-electron chi connectivity index (χ0n) is 16.4. The molecule has 0 nitrogen and oxygen atoms in total. The Hall–Kier alpha value is -2.81. The molecule has 0 spiro atoms. The molecule has 0 unspecified atom stereocenters. The number of halogens is 3. The molecule has 1 aliphatic rings. The zero-order valence-corrected chi connectivity index (χ0v) is 16.4. The predicted octanol–water partition coefficient (Wildman–Crippen LogP) is 7.30. The Morgan fingerprint density at radius 3 is 2.24 bits per heavy atom. The van der Waals surface area contributed by atoms with Gasteiger partial charge in [0.1, 0.15) is 17.5 Å². The summed E-state index contributed by atoms with van der Waals surface area (Å²) >= 11 is 0. The van der Waals surface area contributed by atoms with E-state index in [4.69, 9.17) is 0 Å². The van der Waals surface area contributed by atoms with Gasteiger partial charge in [-0.25, -0.2) is 13.2 Å². The van der Waals surface area contributed by atoms with E-state index in [-0.39, 0.29) is 5.56 Å². The number of aryl methyl sites for hydroxylation is 1. The summed E-state index contributed by atoms with van der Waals surface area (Å²) in [5, 5.41) is 0. The molecule has 0 aliphatic heterocycles. The highest BCUT2D eigenvalue weighted by molar-refractivity contribution is 5.73. The number of allylic oxidation sites excluding steroid dienone is 2. The van der Waals surface area contributed by atoms with Crippen molar-refractivity contribution in [2.24, 2.45) is 0 Å². The highest BCUT2D eigenvalue weighted by atomic mass is 19.1. The molecule has 0 bridgehead atoms. The van der Waals surface area contributed by atoms with Gasteiger partial charge in [0.05, 0.1) is 5.56 Å². The van der Waals surface area contributed by atoms with Gasteiger partial charge in [-0.05, 0) is 77.3 Å². The first-order valence-corrected chi connectivity index (χ1v) is 10.1. The van der Waals surface area contributed by atoms with Crippen molar-refractivity contribution < 1.29 is 13.2 Å². The lowest BCUT2D eigenvalue weighted by Crippen LogP contribution is -2.08. The lowest BCUT2D eigenvalue weighted by molar-refractivity contribution is 0.577. The minimum absolute atomic E-state index is 0.0825. The van der Waals surface area contributed by atoms with Gasteiger partial charge in [-0.15, -0.1) is 0 Å². The first-order valence-electron chi connectivity index (χ1n) is 10.1. The van der Waals surface area contributed by atoms with Gasteiger partial charge in [-0.3, -0.25) is 0 Å². The molecule has 3 aromatic carbocycles. The Bertz CT molecular complexity index is 1040. The number of unbranched alkanes of at least 4 members (excludes halogenated alkanes) is 1. The molecule has 1 aliphatic carbocycles. The molecular formula is C26H23F3. The van der Waals surface area contributed by atoms with Crippen molar-refractivity contribution in [3.8, 4) is 11.1 Å². The maximum absolute atomic E-state index is 15.1. The molecule has 0 saturated heterocycles. The highest BCUT2D eigenvalue weighted by Gasteiger charge is 2.22. The van der Waals surface area contributed by atoms with Crippen molar-refractivity contribution in [3.05, 3.63) is 100 Å². The molecule has 148 valence electrons. The van der Waals surface area contributed by atoms with Crippen LogP contribution in [0.5, 0.6) is 0 Å². The third kappa shape index (κ3) is 4.00. The van der Waals surface area contributed by atoms with E-state index in [1.165, 1.54) is 48.7 Å². The van der Waals surface area contributed by atoms with Crippen molar-refractivity contribution >= 4 is 5.57 Å².